The molecule has 0 fully saturated rings. The predicted molar refractivity (Wildman–Crippen MR) is 96.8 cm³/mol. The minimum Gasteiger partial charge on any atom is -0.387 e. The SMILES string of the molecule is CNCCC(C(=O)N(C)C)(c1ccccc1)C(O)c1ccccc1. The first-order valence-electron chi connectivity index (χ1n) is 8.19. The number of carbonyl (C=O) groups is 1. The van der Waals surface area contributed by atoms with Gasteiger partial charge in [-0.3, -0.25) is 4.79 Å². The fourth-order valence-corrected chi connectivity index (χ4v) is 3.16. The molecule has 2 atom stereocenters. The number of amides is 1. The molecule has 128 valence electrons. The van der Waals surface area contributed by atoms with Crippen LogP contribution < -0.4 is 5.32 Å². The number of nitrogens with one attached hydrogen (secondary N) is 1. The zero-order valence-electron chi connectivity index (χ0n) is 14.6. The van der Waals surface area contributed by atoms with E-state index >= 15 is 0 Å². The molecule has 0 aliphatic heterocycles. The van der Waals surface area contributed by atoms with E-state index in [9.17, 15) is 9.90 Å². The van der Waals surface area contributed by atoms with E-state index in [-0.39, 0.29) is 5.91 Å². The first kappa shape index (κ1) is 18.2. The van der Waals surface area contributed by atoms with E-state index < -0.39 is 11.5 Å². The summed E-state index contributed by atoms with van der Waals surface area (Å²) in [6, 6.07) is 19.0. The Morgan fingerprint density at radius 3 is 2.12 bits per heavy atom. The molecule has 4 nitrogen and oxygen atoms in total. The Morgan fingerprint density at radius 1 is 1.08 bits per heavy atom. The van der Waals surface area contributed by atoms with Crippen molar-refractivity contribution in [2.45, 2.75) is 17.9 Å². The van der Waals surface area contributed by atoms with Crippen molar-refractivity contribution in [3.8, 4) is 0 Å². The molecule has 2 aromatic carbocycles. The molecule has 0 bridgehead atoms. The smallest absolute Gasteiger partial charge is 0.235 e. The standard InChI is InChI=1S/C20H26N2O2/c1-21-15-14-20(19(24)22(2)3,17-12-8-5-9-13-17)18(23)16-10-6-4-7-11-16/h4-13,18,21,23H,14-15H2,1-3H3. The lowest BCUT2D eigenvalue weighted by Crippen LogP contribution is -2.49. The maximum atomic E-state index is 13.2. The summed E-state index contributed by atoms with van der Waals surface area (Å²) in [6.07, 6.45) is -0.426. The van der Waals surface area contributed by atoms with Crippen molar-refractivity contribution in [3.63, 3.8) is 0 Å². The number of likely N-dealkylation sites (N-methyl/N-ethyl adjacent to an activating group) is 1. The minimum atomic E-state index is -1.03. The van der Waals surface area contributed by atoms with Crippen LogP contribution in [0.1, 0.15) is 23.7 Å². The molecule has 0 radical (unpaired) electrons. The van der Waals surface area contributed by atoms with Crippen molar-refractivity contribution < 1.29 is 9.90 Å². The van der Waals surface area contributed by atoms with Crippen molar-refractivity contribution in [3.05, 3.63) is 71.8 Å². The van der Waals surface area contributed by atoms with Crippen molar-refractivity contribution >= 4 is 5.91 Å². The van der Waals surface area contributed by atoms with Crippen LogP contribution in [0.15, 0.2) is 60.7 Å². The van der Waals surface area contributed by atoms with Crippen LogP contribution in [-0.2, 0) is 10.2 Å². The van der Waals surface area contributed by atoms with Gasteiger partial charge in [0, 0.05) is 14.1 Å². The summed E-state index contributed by atoms with van der Waals surface area (Å²) >= 11 is 0. The van der Waals surface area contributed by atoms with Crippen LogP contribution in [0.5, 0.6) is 0 Å². The Morgan fingerprint density at radius 2 is 1.62 bits per heavy atom. The third kappa shape index (κ3) is 3.50. The largest absolute Gasteiger partial charge is 0.387 e. The van der Waals surface area contributed by atoms with E-state index in [1.165, 1.54) is 0 Å². The lowest BCUT2D eigenvalue weighted by molar-refractivity contribution is -0.140. The molecule has 0 aliphatic carbocycles. The topological polar surface area (TPSA) is 52.6 Å². The Hall–Kier alpha value is -2.17. The second-order valence-electron chi connectivity index (χ2n) is 6.20. The first-order valence-corrected chi connectivity index (χ1v) is 8.19. The third-order valence-electron chi connectivity index (χ3n) is 4.43. The van der Waals surface area contributed by atoms with Gasteiger partial charge in [0.25, 0.3) is 0 Å². The summed E-state index contributed by atoms with van der Waals surface area (Å²) in [5, 5.41) is 14.4. The highest BCUT2D eigenvalue weighted by atomic mass is 16.3. The number of carbonyl (C=O) groups excluding carboxylic acids is 1. The second-order valence-corrected chi connectivity index (χ2v) is 6.20. The number of benzene rings is 2. The van der Waals surface area contributed by atoms with E-state index in [4.69, 9.17) is 0 Å². The van der Waals surface area contributed by atoms with Gasteiger partial charge in [0.15, 0.2) is 0 Å². The Labute approximate surface area is 144 Å². The zero-order valence-corrected chi connectivity index (χ0v) is 14.6. The fraction of sp³-hybridized carbons (Fsp3) is 0.350. The van der Waals surface area contributed by atoms with Crippen molar-refractivity contribution in [1.29, 1.82) is 0 Å². The van der Waals surface area contributed by atoms with Gasteiger partial charge < -0.3 is 15.3 Å². The lowest BCUT2D eigenvalue weighted by Gasteiger charge is -2.39. The molecule has 2 N–H and O–H groups in total. The van der Waals surface area contributed by atoms with Crippen LogP contribution in [0.3, 0.4) is 0 Å². The van der Waals surface area contributed by atoms with Crippen LogP contribution in [-0.4, -0.2) is 43.6 Å². The van der Waals surface area contributed by atoms with Gasteiger partial charge in [-0.25, -0.2) is 0 Å². The monoisotopic (exact) mass is 326 g/mol. The number of aliphatic hydroxyl groups is 1. The molecule has 4 heteroatoms. The predicted octanol–water partition coefficient (Wildman–Crippen LogP) is 2.36. The molecular weight excluding hydrogens is 300 g/mol. The molecule has 0 aromatic heterocycles. The molecular formula is C20H26N2O2. The molecule has 24 heavy (non-hydrogen) atoms. The molecule has 1 amide bonds. The van der Waals surface area contributed by atoms with E-state index in [1.807, 2.05) is 67.7 Å². The summed E-state index contributed by atoms with van der Waals surface area (Å²) in [7, 11) is 5.32. The molecule has 0 aliphatic rings. The number of hydrogen-bond donors (Lipinski definition) is 2. The summed E-state index contributed by atoms with van der Waals surface area (Å²) in [4.78, 5) is 14.8. The summed E-state index contributed by atoms with van der Waals surface area (Å²) in [6.45, 7) is 0.623. The lowest BCUT2D eigenvalue weighted by atomic mass is 9.69. The maximum absolute atomic E-state index is 13.2. The van der Waals surface area contributed by atoms with E-state index in [0.717, 1.165) is 11.1 Å². The summed E-state index contributed by atoms with van der Waals surface area (Å²) in [5.74, 6) is -0.0969. The fourth-order valence-electron chi connectivity index (χ4n) is 3.16. The Balaban J connectivity index is 2.63. The van der Waals surface area contributed by atoms with Gasteiger partial charge in [-0.2, -0.15) is 0 Å². The molecule has 0 saturated carbocycles. The molecule has 0 saturated heterocycles. The van der Waals surface area contributed by atoms with Crippen LogP contribution in [0.2, 0.25) is 0 Å². The number of rotatable bonds is 7. The van der Waals surface area contributed by atoms with Gasteiger partial charge in [0.2, 0.25) is 5.91 Å². The van der Waals surface area contributed by atoms with Crippen molar-refractivity contribution in [2.24, 2.45) is 0 Å². The highest BCUT2D eigenvalue weighted by Gasteiger charge is 2.47. The number of aliphatic hydroxyl groups excluding tert-OH is 1. The van der Waals surface area contributed by atoms with Crippen LogP contribution in [0.25, 0.3) is 0 Å². The highest BCUT2D eigenvalue weighted by Crippen LogP contribution is 2.41. The van der Waals surface area contributed by atoms with E-state index in [1.54, 1.807) is 19.0 Å². The quantitative estimate of drug-likeness (QED) is 0.821. The van der Waals surface area contributed by atoms with Gasteiger partial charge in [-0.1, -0.05) is 60.7 Å². The number of nitrogens with zero attached hydrogens (tertiary/aromatic N) is 1. The van der Waals surface area contributed by atoms with E-state index in [0.29, 0.717) is 13.0 Å². The third-order valence-corrected chi connectivity index (χ3v) is 4.43. The molecule has 2 rings (SSSR count). The van der Waals surface area contributed by atoms with Gasteiger partial charge in [0.05, 0.1) is 6.10 Å². The maximum Gasteiger partial charge on any atom is 0.235 e. The van der Waals surface area contributed by atoms with Crippen LogP contribution >= 0.6 is 0 Å². The molecule has 0 spiro atoms. The van der Waals surface area contributed by atoms with Gasteiger partial charge in [-0.05, 0) is 31.1 Å². The van der Waals surface area contributed by atoms with E-state index in [2.05, 4.69) is 5.32 Å². The number of hydrogen-bond acceptors (Lipinski definition) is 3. The first-order chi connectivity index (χ1) is 11.5. The normalized spacial score (nSPS) is 14.7. The van der Waals surface area contributed by atoms with Crippen LogP contribution in [0.4, 0.5) is 0 Å². The van der Waals surface area contributed by atoms with Gasteiger partial charge in [0.1, 0.15) is 5.41 Å². The highest BCUT2D eigenvalue weighted by molar-refractivity contribution is 5.89. The summed E-state index contributed by atoms with van der Waals surface area (Å²) in [5.41, 5.74) is 0.540. The van der Waals surface area contributed by atoms with Crippen LogP contribution in [0, 0.1) is 0 Å². The Kier molecular flexibility index (Phi) is 6.12. The van der Waals surface area contributed by atoms with Gasteiger partial charge >= 0.3 is 0 Å². The minimum absolute atomic E-state index is 0.0969. The zero-order chi connectivity index (χ0) is 17.6. The summed E-state index contributed by atoms with van der Waals surface area (Å²) < 4.78 is 0. The average molecular weight is 326 g/mol. The average Bonchev–Trinajstić information content (AvgIpc) is 2.63. The second kappa shape index (κ2) is 8.08. The van der Waals surface area contributed by atoms with Crippen molar-refractivity contribution in [2.75, 3.05) is 27.7 Å². The van der Waals surface area contributed by atoms with Gasteiger partial charge in [-0.15, -0.1) is 0 Å². The Bertz CT molecular complexity index is 643. The molecule has 2 aromatic rings. The molecule has 2 unspecified atom stereocenters. The van der Waals surface area contributed by atoms with Crippen molar-refractivity contribution in [1.82, 2.24) is 10.2 Å². The molecule has 0 heterocycles.